The molecule has 0 fully saturated rings. The first-order valence-corrected chi connectivity index (χ1v) is 7.43. The van der Waals surface area contributed by atoms with E-state index in [1.165, 1.54) is 0 Å². The molecule has 0 amide bonds. The number of hydrogen-bond acceptors (Lipinski definition) is 3. The van der Waals surface area contributed by atoms with Gasteiger partial charge in [-0.25, -0.2) is 0 Å². The zero-order valence-electron chi connectivity index (χ0n) is 12.1. The summed E-state index contributed by atoms with van der Waals surface area (Å²) in [5.74, 6) is 0.701. The zero-order valence-corrected chi connectivity index (χ0v) is 12.8. The summed E-state index contributed by atoms with van der Waals surface area (Å²) in [4.78, 5) is 0. The molecule has 2 rings (SSSR count). The average molecular weight is 306 g/mol. The van der Waals surface area contributed by atoms with Crippen molar-refractivity contribution in [3.63, 3.8) is 0 Å². The molecule has 0 aliphatic heterocycles. The largest absolute Gasteiger partial charge is 0.492 e. The van der Waals surface area contributed by atoms with Crippen LogP contribution in [0.15, 0.2) is 48.5 Å². The van der Waals surface area contributed by atoms with E-state index in [4.69, 9.17) is 16.3 Å². The van der Waals surface area contributed by atoms with Crippen LogP contribution in [0.25, 0.3) is 0 Å². The molecule has 0 bridgehead atoms. The molecule has 2 aromatic carbocycles. The first-order valence-electron chi connectivity index (χ1n) is 7.05. The second kappa shape index (κ2) is 8.03. The highest BCUT2D eigenvalue weighted by molar-refractivity contribution is 6.32. The Morgan fingerprint density at radius 3 is 2.62 bits per heavy atom. The van der Waals surface area contributed by atoms with Gasteiger partial charge in [0.1, 0.15) is 5.75 Å². The minimum absolute atomic E-state index is 0.495. The van der Waals surface area contributed by atoms with E-state index in [1.807, 2.05) is 55.5 Å². The molecule has 2 aromatic rings. The maximum Gasteiger partial charge on any atom is 0.137 e. The Kier molecular flexibility index (Phi) is 6.05. The van der Waals surface area contributed by atoms with Gasteiger partial charge in [0.2, 0.25) is 0 Å². The van der Waals surface area contributed by atoms with Crippen LogP contribution in [0.5, 0.6) is 5.75 Å². The number of rotatable bonds is 7. The van der Waals surface area contributed by atoms with Crippen LogP contribution in [0.2, 0.25) is 5.02 Å². The van der Waals surface area contributed by atoms with E-state index in [1.54, 1.807) is 0 Å². The lowest BCUT2D eigenvalue weighted by Gasteiger charge is -2.13. The first-order chi connectivity index (χ1) is 10.2. The number of ether oxygens (including phenoxy) is 1. The fourth-order valence-corrected chi connectivity index (χ4v) is 2.33. The first kappa shape index (κ1) is 15.8. The van der Waals surface area contributed by atoms with Crippen molar-refractivity contribution >= 4 is 11.6 Å². The molecular formula is C17H20ClNO2. The number of halogens is 1. The van der Waals surface area contributed by atoms with E-state index < -0.39 is 6.10 Å². The van der Waals surface area contributed by atoms with Crippen molar-refractivity contribution in [3.05, 3.63) is 64.7 Å². The SMILES string of the molecule is CCOc1ccc(CNCC(O)c2ccccc2)cc1Cl. The smallest absolute Gasteiger partial charge is 0.137 e. The summed E-state index contributed by atoms with van der Waals surface area (Å²) in [5.41, 5.74) is 1.97. The summed E-state index contributed by atoms with van der Waals surface area (Å²) in [5, 5.41) is 13.9. The highest BCUT2D eigenvalue weighted by Crippen LogP contribution is 2.25. The molecule has 112 valence electrons. The molecule has 0 aliphatic carbocycles. The van der Waals surface area contributed by atoms with Gasteiger partial charge < -0.3 is 15.2 Å². The van der Waals surface area contributed by atoms with E-state index in [0.717, 1.165) is 11.1 Å². The Morgan fingerprint density at radius 2 is 1.95 bits per heavy atom. The average Bonchev–Trinajstić information content (AvgIpc) is 2.51. The molecule has 0 spiro atoms. The van der Waals surface area contributed by atoms with Crippen LogP contribution < -0.4 is 10.1 Å². The third-order valence-electron chi connectivity index (χ3n) is 3.15. The molecule has 1 unspecified atom stereocenters. The van der Waals surface area contributed by atoms with Crippen LogP contribution in [0.3, 0.4) is 0 Å². The molecule has 0 saturated carbocycles. The monoisotopic (exact) mass is 305 g/mol. The van der Waals surface area contributed by atoms with Crippen molar-refractivity contribution in [3.8, 4) is 5.75 Å². The third kappa shape index (κ3) is 4.74. The van der Waals surface area contributed by atoms with Gasteiger partial charge in [0.15, 0.2) is 0 Å². The van der Waals surface area contributed by atoms with Gasteiger partial charge in [0.05, 0.1) is 17.7 Å². The molecule has 3 nitrogen and oxygen atoms in total. The maximum absolute atomic E-state index is 10.1. The van der Waals surface area contributed by atoms with Crippen molar-refractivity contribution in [2.24, 2.45) is 0 Å². The van der Waals surface area contributed by atoms with Crippen molar-refractivity contribution < 1.29 is 9.84 Å². The normalized spacial score (nSPS) is 12.1. The number of benzene rings is 2. The van der Waals surface area contributed by atoms with Gasteiger partial charge >= 0.3 is 0 Å². The van der Waals surface area contributed by atoms with Gasteiger partial charge in [-0.3, -0.25) is 0 Å². The summed E-state index contributed by atoms with van der Waals surface area (Å²) >= 11 is 6.14. The van der Waals surface area contributed by atoms with Crippen molar-refractivity contribution in [1.82, 2.24) is 5.32 Å². The standard InChI is InChI=1S/C17H20ClNO2/c1-2-21-17-9-8-13(10-15(17)18)11-19-12-16(20)14-6-4-3-5-7-14/h3-10,16,19-20H,2,11-12H2,1H3. The van der Waals surface area contributed by atoms with Crippen molar-refractivity contribution in [2.45, 2.75) is 19.6 Å². The summed E-state index contributed by atoms with van der Waals surface area (Å²) in [6, 6.07) is 15.3. The van der Waals surface area contributed by atoms with Crippen LogP contribution in [-0.2, 0) is 6.54 Å². The molecule has 2 N–H and O–H groups in total. The summed E-state index contributed by atoms with van der Waals surface area (Å²) < 4.78 is 5.40. The molecule has 21 heavy (non-hydrogen) atoms. The van der Waals surface area contributed by atoms with E-state index in [2.05, 4.69) is 5.32 Å². The van der Waals surface area contributed by atoms with E-state index >= 15 is 0 Å². The predicted molar refractivity (Wildman–Crippen MR) is 85.7 cm³/mol. The Morgan fingerprint density at radius 1 is 1.19 bits per heavy atom. The van der Waals surface area contributed by atoms with Gasteiger partial charge in [-0.2, -0.15) is 0 Å². The molecule has 0 heterocycles. The minimum atomic E-state index is -0.510. The van der Waals surface area contributed by atoms with Crippen LogP contribution in [-0.4, -0.2) is 18.3 Å². The highest BCUT2D eigenvalue weighted by Gasteiger charge is 2.07. The third-order valence-corrected chi connectivity index (χ3v) is 3.44. The number of aliphatic hydroxyl groups is 1. The molecular weight excluding hydrogens is 286 g/mol. The summed E-state index contributed by atoms with van der Waals surface area (Å²) in [6.45, 7) is 3.67. The number of aliphatic hydroxyl groups excluding tert-OH is 1. The molecule has 0 saturated heterocycles. The Labute approximate surface area is 130 Å². The quantitative estimate of drug-likeness (QED) is 0.822. The molecule has 0 aliphatic rings. The van der Waals surface area contributed by atoms with E-state index in [0.29, 0.717) is 30.5 Å². The predicted octanol–water partition coefficient (Wildman–Crippen LogP) is 3.56. The van der Waals surface area contributed by atoms with Gasteiger partial charge in [-0.15, -0.1) is 0 Å². The Hall–Kier alpha value is -1.55. The lowest BCUT2D eigenvalue weighted by atomic mass is 10.1. The topological polar surface area (TPSA) is 41.5 Å². The molecule has 1 atom stereocenters. The Bertz CT molecular complexity index is 560. The van der Waals surface area contributed by atoms with Gasteiger partial charge in [-0.1, -0.05) is 48.0 Å². The van der Waals surface area contributed by atoms with Crippen LogP contribution in [0.1, 0.15) is 24.2 Å². The van der Waals surface area contributed by atoms with Crippen LogP contribution in [0.4, 0.5) is 0 Å². The Balaban J connectivity index is 1.85. The second-order valence-corrected chi connectivity index (χ2v) is 5.16. The van der Waals surface area contributed by atoms with Gasteiger partial charge in [-0.05, 0) is 30.2 Å². The van der Waals surface area contributed by atoms with E-state index in [9.17, 15) is 5.11 Å². The molecule has 0 aromatic heterocycles. The van der Waals surface area contributed by atoms with Crippen LogP contribution >= 0.6 is 11.6 Å². The summed E-state index contributed by atoms with van der Waals surface area (Å²) in [7, 11) is 0. The van der Waals surface area contributed by atoms with Gasteiger partial charge in [0, 0.05) is 13.1 Å². The van der Waals surface area contributed by atoms with Gasteiger partial charge in [0.25, 0.3) is 0 Å². The lowest BCUT2D eigenvalue weighted by molar-refractivity contribution is 0.174. The zero-order chi connectivity index (χ0) is 15.1. The fourth-order valence-electron chi connectivity index (χ4n) is 2.07. The minimum Gasteiger partial charge on any atom is -0.492 e. The summed E-state index contributed by atoms with van der Waals surface area (Å²) in [6.07, 6.45) is -0.510. The molecule has 4 heteroatoms. The van der Waals surface area contributed by atoms with Crippen LogP contribution in [0, 0.1) is 0 Å². The maximum atomic E-state index is 10.1. The lowest BCUT2D eigenvalue weighted by Crippen LogP contribution is -2.21. The fraction of sp³-hybridized carbons (Fsp3) is 0.294. The van der Waals surface area contributed by atoms with E-state index in [-0.39, 0.29) is 0 Å². The number of hydrogen-bond donors (Lipinski definition) is 2. The van der Waals surface area contributed by atoms with Crippen molar-refractivity contribution in [2.75, 3.05) is 13.2 Å². The van der Waals surface area contributed by atoms with Crippen molar-refractivity contribution in [1.29, 1.82) is 0 Å². The molecule has 0 radical (unpaired) electrons. The second-order valence-electron chi connectivity index (χ2n) is 4.76. The highest BCUT2D eigenvalue weighted by atomic mass is 35.5. The number of nitrogens with one attached hydrogen (secondary N) is 1.